The van der Waals surface area contributed by atoms with E-state index < -0.39 is 0 Å². The number of hydrogen-bond acceptors (Lipinski definition) is 3. The largest absolute Gasteiger partial charge is 0.305 e. The third kappa shape index (κ3) is 2.63. The van der Waals surface area contributed by atoms with Crippen molar-refractivity contribution in [3.8, 4) is 0 Å². The highest BCUT2D eigenvalue weighted by molar-refractivity contribution is 5.37. The molecule has 0 radical (unpaired) electrons. The van der Waals surface area contributed by atoms with Gasteiger partial charge in [0.25, 0.3) is 0 Å². The van der Waals surface area contributed by atoms with Gasteiger partial charge in [-0.05, 0) is 38.3 Å². The van der Waals surface area contributed by atoms with Crippen molar-refractivity contribution >= 4 is 5.65 Å². The maximum Gasteiger partial charge on any atom is 0.160 e. The summed E-state index contributed by atoms with van der Waals surface area (Å²) in [6.45, 7) is 4.44. The second kappa shape index (κ2) is 5.29. The lowest BCUT2D eigenvalue weighted by Crippen LogP contribution is -2.33. The number of pyridine rings is 1. The predicted octanol–water partition coefficient (Wildman–Crippen LogP) is 2.96. The van der Waals surface area contributed by atoms with Crippen molar-refractivity contribution in [1.82, 2.24) is 19.9 Å². The summed E-state index contributed by atoms with van der Waals surface area (Å²) in [5.41, 5.74) is 0.915. The first-order chi connectivity index (χ1) is 9.24. The molecule has 0 aromatic carbocycles. The summed E-state index contributed by atoms with van der Waals surface area (Å²) in [6, 6.07) is 6.76. The molecule has 1 aliphatic carbocycles. The van der Waals surface area contributed by atoms with E-state index in [1.165, 1.54) is 25.7 Å². The van der Waals surface area contributed by atoms with Crippen LogP contribution in [-0.4, -0.2) is 20.6 Å². The van der Waals surface area contributed by atoms with Crippen LogP contribution >= 0.6 is 0 Å². The molecule has 2 aromatic heterocycles. The second-order valence-electron chi connectivity index (χ2n) is 5.81. The van der Waals surface area contributed by atoms with Crippen molar-refractivity contribution < 1.29 is 0 Å². The van der Waals surface area contributed by atoms with E-state index in [1.54, 1.807) is 0 Å². The monoisotopic (exact) mass is 258 g/mol. The Bertz CT molecular complexity index is 544. The molecule has 2 unspecified atom stereocenters. The van der Waals surface area contributed by atoms with Gasteiger partial charge in [-0.15, -0.1) is 10.2 Å². The van der Waals surface area contributed by atoms with E-state index in [-0.39, 0.29) is 6.04 Å². The smallest absolute Gasteiger partial charge is 0.160 e. The number of hydrogen-bond donors (Lipinski definition) is 1. The van der Waals surface area contributed by atoms with Gasteiger partial charge < -0.3 is 5.32 Å². The Balaban J connectivity index is 1.67. The summed E-state index contributed by atoms with van der Waals surface area (Å²) in [5.74, 6) is 1.93. The van der Waals surface area contributed by atoms with Crippen molar-refractivity contribution in [2.75, 3.05) is 0 Å². The highest BCUT2D eigenvalue weighted by Gasteiger charge is 2.22. The van der Waals surface area contributed by atoms with Crippen LogP contribution in [0.1, 0.15) is 51.4 Å². The standard InChI is InChI=1S/C15H22N4/c1-11(10-13-6-5-7-13)16-12(2)15-18-17-14-8-3-4-9-19(14)15/h3-4,8-9,11-13,16H,5-7,10H2,1-2H3. The molecule has 4 nitrogen and oxygen atoms in total. The number of nitrogens with zero attached hydrogens (tertiary/aromatic N) is 3. The van der Waals surface area contributed by atoms with E-state index in [0.717, 1.165) is 17.4 Å². The van der Waals surface area contributed by atoms with Gasteiger partial charge in [-0.2, -0.15) is 0 Å². The first kappa shape index (κ1) is 12.6. The Kier molecular flexibility index (Phi) is 3.51. The van der Waals surface area contributed by atoms with Crippen molar-refractivity contribution in [3.05, 3.63) is 30.2 Å². The predicted molar refractivity (Wildman–Crippen MR) is 76.0 cm³/mol. The number of aromatic nitrogens is 3. The van der Waals surface area contributed by atoms with E-state index >= 15 is 0 Å². The molecule has 102 valence electrons. The van der Waals surface area contributed by atoms with Crippen LogP contribution in [0.3, 0.4) is 0 Å². The highest BCUT2D eigenvalue weighted by Crippen LogP contribution is 2.30. The molecule has 0 aliphatic heterocycles. The van der Waals surface area contributed by atoms with Crippen LogP contribution in [0.25, 0.3) is 5.65 Å². The molecule has 19 heavy (non-hydrogen) atoms. The number of fused-ring (bicyclic) bond motifs is 1. The second-order valence-corrected chi connectivity index (χ2v) is 5.81. The zero-order valence-electron chi connectivity index (χ0n) is 11.7. The molecule has 2 heterocycles. The van der Waals surface area contributed by atoms with Gasteiger partial charge in [0.15, 0.2) is 11.5 Å². The minimum atomic E-state index is 0.229. The Morgan fingerprint density at radius 3 is 2.89 bits per heavy atom. The molecule has 1 N–H and O–H groups in total. The Morgan fingerprint density at radius 2 is 2.16 bits per heavy atom. The van der Waals surface area contributed by atoms with Crippen molar-refractivity contribution in [3.63, 3.8) is 0 Å². The van der Waals surface area contributed by atoms with Crippen LogP contribution in [0.2, 0.25) is 0 Å². The molecule has 0 saturated heterocycles. The van der Waals surface area contributed by atoms with Gasteiger partial charge in [0.05, 0.1) is 6.04 Å². The minimum absolute atomic E-state index is 0.229. The van der Waals surface area contributed by atoms with Gasteiger partial charge in [0.2, 0.25) is 0 Å². The third-order valence-electron chi connectivity index (χ3n) is 4.17. The van der Waals surface area contributed by atoms with Gasteiger partial charge in [0, 0.05) is 12.2 Å². The van der Waals surface area contributed by atoms with Gasteiger partial charge >= 0.3 is 0 Å². The summed E-state index contributed by atoms with van der Waals surface area (Å²) in [4.78, 5) is 0. The molecule has 1 saturated carbocycles. The first-order valence-electron chi connectivity index (χ1n) is 7.30. The molecule has 3 rings (SSSR count). The summed E-state index contributed by atoms with van der Waals surface area (Å²) in [6.07, 6.45) is 7.55. The van der Waals surface area contributed by atoms with E-state index in [0.29, 0.717) is 6.04 Å². The lowest BCUT2D eigenvalue weighted by atomic mass is 9.81. The Morgan fingerprint density at radius 1 is 1.32 bits per heavy atom. The molecule has 1 fully saturated rings. The summed E-state index contributed by atoms with van der Waals surface area (Å²) >= 11 is 0. The maximum absolute atomic E-state index is 4.31. The minimum Gasteiger partial charge on any atom is -0.305 e. The molecule has 2 aromatic rings. The van der Waals surface area contributed by atoms with E-state index in [2.05, 4.69) is 33.8 Å². The number of nitrogens with one attached hydrogen (secondary N) is 1. The molecule has 1 aliphatic rings. The lowest BCUT2D eigenvalue weighted by molar-refractivity contribution is 0.258. The fourth-order valence-corrected chi connectivity index (χ4v) is 2.95. The van der Waals surface area contributed by atoms with Gasteiger partial charge in [-0.3, -0.25) is 4.40 Å². The molecule has 0 amide bonds. The third-order valence-corrected chi connectivity index (χ3v) is 4.17. The molecule has 0 bridgehead atoms. The molecule has 2 atom stereocenters. The van der Waals surface area contributed by atoms with E-state index in [4.69, 9.17) is 0 Å². The fourth-order valence-electron chi connectivity index (χ4n) is 2.95. The summed E-state index contributed by atoms with van der Waals surface area (Å²) in [7, 11) is 0. The maximum atomic E-state index is 4.31. The SMILES string of the molecule is CC(CC1CCC1)NC(C)c1nnc2ccccn12. The Hall–Kier alpha value is -1.42. The summed E-state index contributed by atoms with van der Waals surface area (Å²) < 4.78 is 2.06. The van der Waals surface area contributed by atoms with Crippen LogP contribution in [0.5, 0.6) is 0 Å². The first-order valence-corrected chi connectivity index (χ1v) is 7.30. The lowest BCUT2D eigenvalue weighted by Gasteiger charge is -2.29. The topological polar surface area (TPSA) is 42.2 Å². The average Bonchev–Trinajstić information content (AvgIpc) is 2.77. The zero-order valence-corrected chi connectivity index (χ0v) is 11.7. The van der Waals surface area contributed by atoms with Crippen LogP contribution in [0.4, 0.5) is 0 Å². The summed E-state index contributed by atoms with van der Waals surface area (Å²) in [5, 5.41) is 12.2. The molecular weight excluding hydrogens is 236 g/mol. The normalized spacial score (nSPS) is 19.3. The number of rotatable bonds is 5. The molecular formula is C15H22N4. The fraction of sp³-hybridized carbons (Fsp3) is 0.600. The average molecular weight is 258 g/mol. The zero-order chi connectivity index (χ0) is 13.2. The highest BCUT2D eigenvalue weighted by atomic mass is 15.3. The van der Waals surface area contributed by atoms with Crippen molar-refractivity contribution in [2.24, 2.45) is 5.92 Å². The van der Waals surface area contributed by atoms with Crippen LogP contribution in [0.15, 0.2) is 24.4 Å². The van der Waals surface area contributed by atoms with Crippen molar-refractivity contribution in [1.29, 1.82) is 0 Å². The van der Waals surface area contributed by atoms with Crippen LogP contribution < -0.4 is 5.32 Å². The quantitative estimate of drug-likeness (QED) is 0.896. The van der Waals surface area contributed by atoms with Crippen LogP contribution in [0, 0.1) is 5.92 Å². The van der Waals surface area contributed by atoms with E-state index in [9.17, 15) is 0 Å². The molecule has 4 heteroatoms. The van der Waals surface area contributed by atoms with Crippen molar-refractivity contribution in [2.45, 2.75) is 51.6 Å². The molecule has 0 spiro atoms. The van der Waals surface area contributed by atoms with Crippen LogP contribution in [-0.2, 0) is 0 Å². The van der Waals surface area contributed by atoms with Gasteiger partial charge in [-0.1, -0.05) is 25.3 Å². The van der Waals surface area contributed by atoms with E-state index in [1.807, 2.05) is 24.4 Å². The Labute approximate surface area is 114 Å². The van der Waals surface area contributed by atoms with Gasteiger partial charge in [0.1, 0.15) is 0 Å². The van der Waals surface area contributed by atoms with Gasteiger partial charge in [-0.25, -0.2) is 0 Å².